The second-order valence-electron chi connectivity index (χ2n) is 5.25. The number of rotatable bonds is 1. The fraction of sp³-hybridized carbons (Fsp3) is 0.312. The van der Waals surface area contributed by atoms with Crippen LogP contribution < -0.4 is 4.74 Å². The van der Waals surface area contributed by atoms with Crippen molar-refractivity contribution < 1.29 is 19.1 Å². The summed E-state index contributed by atoms with van der Waals surface area (Å²) < 4.78 is 10.5. The maximum absolute atomic E-state index is 12.6. The Morgan fingerprint density at radius 1 is 1.25 bits per heavy atom. The summed E-state index contributed by atoms with van der Waals surface area (Å²) in [6, 6.07) is 1.76. The number of ether oxygens (including phenoxy) is 1. The number of methoxy groups -OCH3 is 1. The van der Waals surface area contributed by atoms with Gasteiger partial charge < -0.3 is 14.3 Å². The Balaban J connectivity index is 2.37. The number of benzene rings is 1. The van der Waals surface area contributed by atoms with Crippen LogP contribution in [0, 0.1) is 13.8 Å². The SMILES string of the molecule is COc1cc(C)c2c(c1O)C(=O)c1occ(C)c1[C@H]2C. The Morgan fingerprint density at radius 3 is 2.60 bits per heavy atom. The minimum absolute atomic E-state index is 0.00764. The number of hydrogen-bond donors (Lipinski definition) is 1. The number of phenolic OH excluding ortho intramolecular Hbond substituents is 1. The summed E-state index contributed by atoms with van der Waals surface area (Å²) in [7, 11) is 1.47. The average Bonchev–Trinajstić information content (AvgIpc) is 2.80. The second kappa shape index (κ2) is 4.13. The highest BCUT2D eigenvalue weighted by Crippen LogP contribution is 2.46. The second-order valence-corrected chi connectivity index (χ2v) is 5.25. The standard InChI is InChI=1S/C16H16O4/c1-7-5-10(19-4)14(17)13-11(7)9(3)12-8(2)6-20-16(12)15(13)18/h5-6,9,17H,1-4H3/t9-/m0/s1. The summed E-state index contributed by atoms with van der Waals surface area (Å²) in [6.07, 6.45) is 1.59. The third-order valence-corrected chi connectivity index (χ3v) is 4.05. The summed E-state index contributed by atoms with van der Waals surface area (Å²) in [5.74, 6) is 0.262. The van der Waals surface area contributed by atoms with Crippen molar-refractivity contribution in [2.45, 2.75) is 26.7 Å². The molecule has 1 aromatic heterocycles. The van der Waals surface area contributed by atoms with E-state index in [1.807, 2.05) is 20.8 Å². The molecular formula is C16H16O4. The van der Waals surface area contributed by atoms with E-state index in [-0.39, 0.29) is 17.5 Å². The van der Waals surface area contributed by atoms with Crippen molar-refractivity contribution in [1.29, 1.82) is 0 Å². The van der Waals surface area contributed by atoms with Crippen molar-refractivity contribution in [3.63, 3.8) is 0 Å². The van der Waals surface area contributed by atoms with E-state index >= 15 is 0 Å². The maximum atomic E-state index is 12.6. The topological polar surface area (TPSA) is 59.7 Å². The predicted molar refractivity (Wildman–Crippen MR) is 73.8 cm³/mol. The highest BCUT2D eigenvalue weighted by Gasteiger charge is 2.37. The molecule has 0 unspecified atom stereocenters. The molecule has 1 aromatic carbocycles. The molecule has 0 bridgehead atoms. The zero-order valence-electron chi connectivity index (χ0n) is 11.9. The lowest BCUT2D eigenvalue weighted by Crippen LogP contribution is -2.19. The third-order valence-electron chi connectivity index (χ3n) is 4.05. The number of aromatic hydroxyl groups is 1. The van der Waals surface area contributed by atoms with E-state index in [2.05, 4.69) is 0 Å². The van der Waals surface area contributed by atoms with Crippen molar-refractivity contribution >= 4 is 5.78 Å². The number of ketones is 1. The summed E-state index contributed by atoms with van der Waals surface area (Å²) in [5, 5.41) is 10.3. The van der Waals surface area contributed by atoms with Gasteiger partial charge in [-0.2, -0.15) is 0 Å². The fourth-order valence-corrected chi connectivity index (χ4v) is 3.16. The van der Waals surface area contributed by atoms with Crippen LogP contribution >= 0.6 is 0 Å². The van der Waals surface area contributed by atoms with E-state index in [0.717, 1.165) is 22.3 Å². The van der Waals surface area contributed by atoms with Crippen LogP contribution in [0.1, 0.15) is 51.2 Å². The quantitative estimate of drug-likeness (QED) is 0.865. The molecule has 4 nitrogen and oxygen atoms in total. The monoisotopic (exact) mass is 272 g/mol. The van der Waals surface area contributed by atoms with Gasteiger partial charge in [-0.25, -0.2) is 0 Å². The molecule has 0 saturated carbocycles. The molecule has 2 aromatic rings. The van der Waals surface area contributed by atoms with Gasteiger partial charge in [0.1, 0.15) is 0 Å². The van der Waals surface area contributed by atoms with Crippen LogP contribution in [0.4, 0.5) is 0 Å². The van der Waals surface area contributed by atoms with Gasteiger partial charge >= 0.3 is 0 Å². The Bertz CT molecular complexity index is 725. The number of carbonyl (C=O) groups excluding carboxylic acids is 1. The minimum atomic E-state index is -0.277. The van der Waals surface area contributed by atoms with Crippen LogP contribution in [0.2, 0.25) is 0 Å². The highest BCUT2D eigenvalue weighted by atomic mass is 16.5. The van der Waals surface area contributed by atoms with E-state index < -0.39 is 0 Å². The largest absolute Gasteiger partial charge is 0.504 e. The van der Waals surface area contributed by atoms with Crippen molar-refractivity contribution in [3.05, 3.63) is 45.9 Å². The van der Waals surface area contributed by atoms with E-state index in [9.17, 15) is 9.90 Å². The molecule has 4 heteroatoms. The molecule has 1 N–H and O–H groups in total. The first-order chi connectivity index (χ1) is 9.47. The lowest BCUT2D eigenvalue weighted by atomic mass is 9.78. The minimum Gasteiger partial charge on any atom is -0.504 e. The normalized spacial score (nSPS) is 16.8. The van der Waals surface area contributed by atoms with Crippen LogP contribution in [0.25, 0.3) is 0 Å². The van der Waals surface area contributed by atoms with Crippen LogP contribution in [-0.2, 0) is 0 Å². The molecule has 1 heterocycles. The van der Waals surface area contributed by atoms with Gasteiger partial charge in [0.25, 0.3) is 0 Å². The molecule has 0 aliphatic heterocycles. The van der Waals surface area contributed by atoms with Gasteiger partial charge in [0.2, 0.25) is 5.78 Å². The molecule has 0 spiro atoms. The van der Waals surface area contributed by atoms with Gasteiger partial charge in [-0.15, -0.1) is 0 Å². The van der Waals surface area contributed by atoms with E-state index in [0.29, 0.717) is 17.1 Å². The van der Waals surface area contributed by atoms with Crippen LogP contribution in [0.3, 0.4) is 0 Å². The first-order valence-corrected chi connectivity index (χ1v) is 6.50. The van der Waals surface area contributed by atoms with Crippen LogP contribution in [0.5, 0.6) is 11.5 Å². The number of carbonyl (C=O) groups is 1. The summed E-state index contributed by atoms with van der Waals surface area (Å²) >= 11 is 0. The van der Waals surface area contributed by atoms with Crippen molar-refractivity contribution in [1.82, 2.24) is 0 Å². The predicted octanol–water partition coefficient (Wildman–Crippen LogP) is 3.31. The van der Waals surface area contributed by atoms with Gasteiger partial charge in [0, 0.05) is 11.5 Å². The first kappa shape index (κ1) is 12.8. The smallest absolute Gasteiger partial charge is 0.232 e. The number of phenols is 1. The molecule has 0 saturated heterocycles. The first-order valence-electron chi connectivity index (χ1n) is 6.50. The number of furan rings is 1. The lowest BCUT2D eigenvalue weighted by Gasteiger charge is -2.25. The van der Waals surface area contributed by atoms with E-state index in [4.69, 9.17) is 9.15 Å². The Hall–Kier alpha value is -2.23. The molecule has 20 heavy (non-hydrogen) atoms. The van der Waals surface area contributed by atoms with Gasteiger partial charge in [-0.1, -0.05) is 6.92 Å². The fourth-order valence-electron chi connectivity index (χ4n) is 3.16. The third kappa shape index (κ3) is 1.45. The molecule has 1 atom stereocenters. The molecule has 0 fully saturated rings. The lowest BCUT2D eigenvalue weighted by molar-refractivity contribution is 0.0999. The molecule has 104 valence electrons. The molecule has 3 rings (SSSR count). The molecular weight excluding hydrogens is 256 g/mol. The molecule has 0 radical (unpaired) electrons. The van der Waals surface area contributed by atoms with Crippen LogP contribution in [-0.4, -0.2) is 18.0 Å². The van der Waals surface area contributed by atoms with E-state index in [1.165, 1.54) is 7.11 Å². The average molecular weight is 272 g/mol. The Morgan fingerprint density at radius 2 is 1.95 bits per heavy atom. The van der Waals surface area contributed by atoms with Gasteiger partial charge in [0.05, 0.1) is 18.9 Å². The Kier molecular flexibility index (Phi) is 2.64. The van der Waals surface area contributed by atoms with Gasteiger partial charge in [-0.3, -0.25) is 4.79 Å². The summed E-state index contributed by atoms with van der Waals surface area (Å²) in [6.45, 7) is 5.87. The van der Waals surface area contributed by atoms with Crippen LogP contribution in [0.15, 0.2) is 16.7 Å². The number of fused-ring (bicyclic) bond motifs is 2. The highest BCUT2D eigenvalue weighted by molar-refractivity contribution is 6.13. The molecule has 1 aliphatic rings. The number of hydrogen-bond acceptors (Lipinski definition) is 4. The number of aryl methyl sites for hydroxylation is 2. The Labute approximate surface area is 117 Å². The van der Waals surface area contributed by atoms with Crippen molar-refractivity contribution in [2.75, 3.05) is 7.11 Å². The maximum Gasteiger partial charge on any atom is 0.232 e. The molecule has 0 amide bonds. The molecule has 1 aliphatic carbocycles. The summed E-state index contributed by atoms with van der Waals surface area (Å²) in [5.41, 5.74) is 3.96. The van der Waals surface area contributed by atoms with Crippen molar-refractivity contribution in [3.8, 4) is 11.5 Å². The van der Waals surface area contributed by atoms with Gasteiger partial charge in [-0.05, 0) is 36.6 Å². The zero-order chi connectivity index (χ0) is 14.6. The van der Waals surface area contributed by atoms with Crippen molar-refractivity contribution in [2.24, 2.45) is 0 Å². The summed E-state index contributed by atoms with van der Waals surface area (Å²) in [4.78, 5) is 12.6. The zero-order valence-corrected chi connectivity index (χ0v) is 11.9. The van der Waals surface area contributed by atoms with Gasteiger partial charge in [0.15, 0.2) is 17.3 Å². The van der Waals surface area contributed by atoms with E-state index in [1.54, 1.807) is 12.3 Å².